The Bertz CT molecular complexity index is 681. The molecule has 0 atom stereocenters. The van der Waals surface area contributed by atoms with Crippen molar-refractivity contribution in [1.82, 2.24) is 0 Å². The number of carbonyl (C=O) groups is 2. The van der Waals surface area contributed by atoms with Crippen LogP contribution in [0.2, 0.25) is 0 Å². The molecule has 3 rings (SSSR count). The van der Waals surface area contributed by atoms with E-state index in [1.165, 1.54) is 18.2 Å². The Hall–Kier alpha value is -2.49. The first-order valence-electron chi connectivity index (χ1n) is 5.88. The van der Waals surface area contributed by atoms with Crippen LogP contribution < -0.4 is 4.90 Å². The fraction of sp³-hybridized carbons (Fsp3) is 0.0667. The van der Waals surface area contributed by atoms with Crippen molar-refractivity contribution in [3.63, 3.8) is 0 Å². The van der Waals surface area contributed by atoms with Crippen LogP contribution in [0.4, 0.5) is 10.1 Å². The van der Waals surface area contributed by atoms with Gasteiger partial charge in [0.15, 0.2) is 0 Å². The van der Waals surface area contributed by atoms with Gasteiger partial charge in [-0.1, -0.05) is 30.3 Å². The number of imide groups is 1. The van der Waals surface area contributed by atoms with Gasteiger partial charge in [0.25, 0.3) is 5.91 Å². The lowest BCUT2D eigenvalue weighted by Gasteiger charge is -2.26. The van der Waals surface area contributed by atoms with Crippen LogP contribution in [-0.4, -0.2) is 11.8 Å². The van der Waals surface area contributed by atoms with Gasteiger partial charge in [0.1, 0.15) is 5.82 Å². The number of amides is 2. The largest absolute Gasteiger partial charge is 0.274 e. The standard InChI is InChI=1S/C15H10FNO2/c16-12-7-3-4-8-13(12)17-14(18)9-10-5-1-2-6-11(10)15(17)19/h1-8H,9H2. The van der Waals surface area contributed by atoms with E-state index in [1.807, 2.05) is 0 Å². The molecule has 0 aliphatic carbocycles. The first-order chi connectivity index (χ1) is 9.18. The molecular formula is C15H10FNO2. The van der Waals surface area contributed by atoms with Crippen molar-refractivity contribution in [3.05, 3.63) is 65.5 Å². The van der Waals surface area contributed by atoms with Gasteiger partial charge in [-0.25, -0.2) is 9.29 Å². The Kier molecular flexibility index (Phi) is 2.63. The van der Waals surface area contributed by atoms with E-state index in [-0.39, 0.29) is 12.1 Å². The summed E-state index contributed by atoms with van der Waals surface area (Å²) >= 11 is 0. The normalized spacial score (nSPS) is 14.5. The second-order valence-corrected chi connectivity index (χ2v) is 4.32. The van der Waals surface area contributed by atoms with Gasteiger partial charge >= 0.3 is 0 Å². The average molecular weight is 255 g/mol. The highest BCUT2D eigenvalue weighted by Crippen LogP contribution is 2.27. The van der Waals surface area contributed by atoms with Crippen LogP contribution in [0.25, 0.3) is 0 Å². The van der Waals surface area contributed by atoms with Crippen LogP contribution in [0.5, 0.6) is 0 Å². The average Bonchev–Trinajstić information content (AvgIpc) is 2.41. The van der Waals surface area contributed by atoms with Crippen LogP contribution in [0.3, 0.4) is 0 Å². The third-order valence-corrected chi connectivity index (χ3v) is 3.14. The molecule has 19 heavy (non-hydrogen) atoms. The molecule has 0 aromatic heterocycles. The summed E-state index contributed by atoms with van der Waals surface area (Å²) in [6, 6.07) is 12.7. The SMILES string of the molecule is O=C1Cc2ccccc2C(=O)N1c1ccccc1F. The highest BCUT2D eigenvalue weighted by molar-refractivity contribution is 6.24. The summed E-state index contributed by atoms with van der Waals surface area (Å²) in [5.41, 5.74) is 1.14. The summed E-state index contributed by atoms with van der Waals surface area (Å²) in [4.78, 5) is 25.3. The minimum atomic E-state index is -0.580. The lowest BCUT2D eigenvalue weighted by Crippen LogP contribution is -2.42. The van der Waals surface area contributed by atoms with Crippen molar-refractivity contribution < 1.29 is 14.0 Å². The van der Waals surface area contributed by atoms with Crippen LogP contribution in [-0.2, 0) is 11.2 Å². The summed E-state index contributed by atoms with van der Waals surface area (Å²) in [5.74, 6) is -1.46. The summed E-state index contributed by atoms with van der Waals surface area (Å²) in [5, 5.41) is 0. The first-order valence-corrected chi connectivity index (χ1v) is 5.88. The van der Waals surface area contributed by atoms with Crippen molar-refractivity contribution in [3.8, 4) is 0 Å². The number of rotatable bonds is 1. The van der Waals surface area contributed by atoms with Gasteiger partial charge in [-0.2, -0.15) is 0 Å². The van der Waals surface area contributed by atoms with Crippen molar-refractivity contribution in [2.75, 3.05) is 4.90 Å². The van der Waals surface area contributed by atoms with E-state index < -0.39 is 17.6 Å². The van der Waals surface area contributed by atoms with E-state index in [9.17, 15) is 14.0 Å². The van der Waals surface area contributed by atoms with Crippen molar-refractivity contribution >= 4 is 17.5 Å². The number of halogens is 1. The van der Waals surface area contributed by atoms with E-state index in [2.05, 4.69) is 0 Å². The summed E-state index contributed by atoms with van der Waals surface area (Å²) in [6.45, 7) is 0. The van der Waals surface area contributed by atoms with E-state index in [0.717, 1.165) is 4.90 Å². The van der Waals surface area contributed by atoms with Gasteiger partial charge in [0.05, 0.1) is 12.1 Å². The van der Waals surface area contributed by atoms with E-state index in [4.69, 9.17) is 0 Å². The third-order valence-electron chi connectivity index (χ3n) is 3.14. The number of fused-ring (bicyclic) bond motifs is 1. The zero-order valence-corrected chi connectivity index (χ0v) is 9.97. The molecule has 4 heteroatoms. The van der Waals surface area contributed by atoms with Crippen LogP contribution in [0.1, 0.15) is 15.9 Å². The minimum Gasteiger partial charge on any atom is -0.274 e. The Labute approximate surface area is 109 Å². The molecule has 0 N–H and O–H groups in total. The molecule has 1 heterocycles. The summed E-state index contributed by atoms with van der Waals surface area (Å²) < 4.78 is 13.8. The monoisotopic (exact) mass is 255 g/mol. The molecule has 2 aromatic carbocycles. The van der Waals surface area contributed by atoms with Crippen LogP contribution >= 0.6 is 0 Å². The predicted molar refractivity (Wildman–Crippen MR) is 68.4 cm³/mol. The molecule has 0 spiro atoms. The number of hydrogen-bond acceptors (Lipinski definition) is 2. The second kappa shape index (κ2) is 4.31. The van der Waals surface area contributed by atoms with Crippen molar-refractivity contribution in [1.29, 1.82) is 0 Å². The molecule has 0 saturated carbocycles. The number of nitrogens with zero attached hydrogens (tertiary/aromatic N) is 1. The Balaban J connectivity index is 2.12. The molecule has 0 saturated heterocycles. The topological polar surface area (TPSA) is 37.4 Å². The number of carbonyl (C=O) groups excluding carboxylic acids is 2. The quantitative estimate of drug-likeness (QED) is 0.734. The maximum atomic E-state index is 13.8. The van der Waals surface area contributed by atoms with E-state index in [1.54, 1.807) is 30.3 Å². The molecule has 1 aliphatic heterocycles. The van der Waals surface area contributed by atoms with Gasteiger partial charge < -0.3 is 0 Å². The minimum absolute atomic E-state index is 0.00648. The van der Waals surface area contributed by atoms with E-state index in [0.29, 0.717) is 11.1 Å². The summed E-state index contributed by atoms with van der Waals surface area (Å²) in [6.07, 6.45) is 0.107. The van der Waals surface area contributed by atoms with Gasteiger partial charge in [-0.3, -0.25) is 9.59 Å². The maximum absolute atomic E-state index is 13.8. The van der Waals surface area contributed by atoms with Crippen molar-refractivity contribution in [2.45, 2.75) is 6.42 Å². The lowest BCUT2D eigenvalue weighted by molar-refractivity contribution is -0.117. The van der Waals surface area contributed by atoms with E-state index >= 15 is 0 Å². The Morgan fingerprint density at radius 1 is 0.947 bits per heavy atom. The first kappa shape index (κ1) is 11.6. The highest BCUT2D eigenvalue weighted by atomic mass is 19.1. The molecule has 1 aliphatic rings. The highest BCUT2D eigenvalue weighted by Gasteiger charge is 2.33. The third kappa shape index (κ3) is 1.81. The van der Waals surface area contributed by atoms with Crippen LogP contribution in [0, 0.1) is 5.82 Å². The number of benzene rings is 2. The molecule has 0 unspecified atom stereocenters. The molecule has 2 amide bonds. The smallest absolute Gasteiger partial charge is 0.265 e. The van der Waals surface area contributed by atoms with Gasteiger partial charge in [0, 0.05) is 5.56 Å². The second-order valence-electron chi connectivity index (χ2n) is 4.32. The predicted octanol–water partition coefficient (Wildman–Crippen LogP) is 2.56. The lowest BCUT2D eigenvalue weighted by atomic mass is 9.98. The molecule has 0 fully saturated rings. The fourth-order valence-electron chi connectivity index (χ4n) is 2.24. The number of hydrogen-bond donors (Lipinski definition) is 0. The van der Waals surface area contributed by atoms with Crippen LogP contribution in [0.15, 0.2) is 48.5 Å². The molecule has 2 aromatic rings. The molecule has 94 valence electrons. The van der Waals surface area contributed by atoms with Gasteiger partial charge in [0.2, 0.25) is 5.91 Å². The molecule has 0 radical (unpaired) electrons. The number of para-hydroxylation sites is 1. The summed E-state index contributed by atoms with van der Waals surface area (Å²) in [7, 11) is 0. The van der Waals surface area contributed by atoms with Gasteiger partial charge in [-0.15, -0.1) is 0 Å². The fourth-order valence-corrected chi connectivity index (χ4v) is 2.24. The molecular weight excluding hydrogens is 245 g/mol. The Morgan fingerprint density at radius 3 is 2.42 bits per heavy atom. The maximum Gasteiger partial charge on any atom is 0.265 e. The number of anilines is 1. The molecule has 0 bridgehead atoms. The zero-order chi connectivity index (χ0) is 13.4. The molecule has 3 nitrogen and oxygen atoms in total. The van der Waals surface area contributed by atoms with Gasteiger partial charge in [-0.05, 0) is 23.8 Å². The Morgan fingerprint density at radius 2 is 1.63 bits per heavy atom. The van der Waals surface area contributed by atoms with Crippen molar-refractivity contribution in [2.24, 2.45) is 0 Å². The zero-order valence-electron chi connectivity index (χ0n) is 9.97.